The molecule has 0 aromatic carbocycles. The van der Waals surface area contributed by atoms with E-state index in [2.05, 4.69) is 4.98 Å². The second kappa shape index (κ2) is 3.82. The van der Waals surface area contributed by atoms with Gasteiger partial charge in [0, 0.05) is 18.9 Å². The number of nitrogens with two attached hydrogens (primary N) is 1. The molecule has 72 valence electrons. The summed E-state index contributed by atoms with van der Waals surface area (Å²) < 4.78 is 26.8. The van der Waals surface area contributed by atoms with Crippen molar-refractivity contribution in [1.29, 1.82) is 0 Å². The molecule has 0 aliphatic rings. The molecule has 0 saturated carbocycles. The van der Waals surface area contributed by atoms with Crippen molar-refractivity contribution in [2.24, 2.45) is 5.14 Å². The van der Waals surface area contributed by atoms with Gasteiger partial charge in [0.05, 0.1) is 6.61 Å². The summed E-state index contributed by atoms with van der Waals surface area (Å²) in [6.07, 6.45) is 1.37. The van der Waals surface area contributed by atoms with Gasteiger partial charge >= 0.3 is 0 Å². The molecule has 0 fully saturated rings. The maximum Gasteiger partial charge on any atom is 0.255 e. The predicted molar refractivity (Wildman–Crippen MR) is 46.3 cm³/mol. The normalized spacial score (nSPS) is 11.5. The number of pyridine rings is 1. The summed E-state index contributed by atoms with van der Waals surface area (Å²) in [6.45, 7) is 0.180. The number of nitrogens with zero attached hydrogens (tertiary/aromatic N) is 1. The van der Waals surface area contributed by atoms with E-state index < -0.39 is 10.0 Å². The topological polar surface area (TPSA) is 82.3 Å². The lowest BCUT2D eigenvalue weighted by atomic mass is 10.3. The number of aromatic nitrogens is 1. The number of rotatable bonds is 3. The van der Waals surface area contributed by atoms with Gasteiger partial charge in [-0.25, -0.2) is 18.5 Å². The molecule has 0 bridgehead atoms. The van der Waals surface area contributed by atoms with Gasteiger partial charge in [0.15, 0.2) is 5.03 Å². The summed E-state index contributed by atoms with van der Waals surface area (Å²) in [5.74, 6) is 0. The van der Waals surface area contributed by atoms with E-state index in [1.165, 1.54) is 13.3 Å². The van der Waals surface area contributed by atoms with Crippen LogP contribution in [0.15, 0.2) is 23.4 Å². The Morgan fingerprint density at radius 3 is 2.85 bits per heavy atom. The molecule has 1 aromatic rings. The molecule has 0 atom stereocenters. The zero-order valence-corrected chi connectivity index (χ0v) is 7.91. The monoisotopic (exact) mass is 202 g/mol. The van der Waals surface area contributed by atoms with Crippen molar-refractivity contribution in [1.82, 2.24) is 4.98 Å². The summed E-state index contributed by atoms with van der Waals surface area (Å²) in [5.41, 5.74) is 0.465. The second-order valence-electron chi connectivity index (χ2n) is 2.45. The molecule has 1 heterocycles. The van der Waals surface area contributed by atoms with Crippen LogP contribution in [0.4, 0.5) is 0 Å². The van der Waals surface area contributed by atoms with E-state index in [1.54, 1.807) is 12.1 Å². The van der Waals surface area contributed by atoms with Crippen LogP contribution in [-0.4, -0.2) is 20.5 Å². The molecule has 0 radical (unpaired) electrons. The predicted octanol–water partition coefficient (Wildman–Crippen LogP) is -0.125. The van der Waals surface area contributed by atoms with Gasteiger partial charge < -0.3 is 4.74 Å². The minimum absolute atomic E-state index is 0.128. The van der Waals surface area contributed by atoms with Crippen LogP contribution in [0, 0.1) is 0 Å². The molecule has 2 N–H and O–H groups in total. The van der Waals surface area contributed by atoms with Gasteiger partial charge in [-0.2, -0.15) is 0 Å². The standard InChI is InChI=1S/C7H10N2O3S/c1-12-5-6-3-2-4-9-7(6)13(8,10)11/h2-4H,5H2,1H3,(H2,8,10,11). The Bertz CT molecular complexity index is 388. The van der Waals surface area contributed by atoms with E-state index in [1.807, 2.05) is 0 Å². The fourth-order valence-electron chi connectivity index (χ4n) is 0.946. The van der Waals surface area contributed by atoms with E-state index in [0.717, 1.165) is 0 Å². The van der Waals surface area contributed by atoms with Gasteiger partial charge in [-0.05, 0) is 6.07 Å². The number of ether oxygens (including phenoxy) is 1. The average molecular weight is 202 g/mol. The second-order valence-corrected chi connectivity index (χ2v) is 3.92. The summed E-state index contributed by atoms with van der Waals surface area (Å²) >= 11 is 0. The van der Waals surface area contributed by atoms with Gasteiger partial charge in [-0.1, -0.05) is 6.07 Å². The molecule has 13 heavy (non-hydrogen) atoms. The summed E-state index contributed by atoms with van der Waals surface area (Å²) in [4.78, 5) is 3.68. The Labute approximate surface area is 76.6 Å². The molecule has 6 heteroatoms. The van der Waals surface area contributed by atoms with E-state index in [4.69, 9.17) is 9.88 Å². The number of primary sulfonamides is 1. The Kier molecular flexibility index (Phi) is 2.97. The molecular weight excluding hydrogens is 192 g/mol. The number of methoxy groups -OCH3 is 1. The highest BCUT2D eigenvalue weighted by molar-refractivity contribution is 7.89. The van der Waals surface area contributed by atoms with Crippen molar-refractivity contribution in [2.45, 2.75) is 11.6 Å². The van der Waals surface area contributed by atoms with Crippen molar-refractivity contribution in [3.05, 3.63) is 23.9 Å². The molecule has 0 amide bonds. The lowest BCUT2D eigenvalue weighted by molar-refractivity contribution is 0.182. The third-order valence-electron chi connectivity index (χ3n) is 1.42. The fourth-order valence-corrected chi connectivity index (χ4v) is 1.65. The van der Waals surface area contributed by atoms with Crippen molar-refractivity contribution in [3.8, 4) is 0 Å². The minimum atomic E-state index is -3.75. The number of hydrogen-bond acceptors (Lipinski definition) is 4. The maximum absolute atomic E-state index is 11.0. The summed E-state index contributed by atoms with van der Waals surface area (Å²) in [6, 6.07) is 3.24. The molecule has 1 aromatic heterocycles. The van der Waals surface area contributed by atoms with Crippen LogP contribution in [0.3, 0.4) is 0 Å². The third-order valence-corrected chi connectivity index (χ3v) is 2.33. The summed E-state index contributed by atoms with van der Waals surface area (Å²) in [5, 5.41) is 4.81. The van der Waals surface area contributed by atoms with Crippen LogP contribution in [0.25, 0.3) is 0 Å². The van der Waals surface area contributed by atoms with Gasteiger partial charge in [0.2, 0.25) is 0 Å². The highest BCUT2D eigenvalue weighted by Gasteiger charge is 2.14. The van der Waals surface area contributed by atoms with Gasteiger partial charge in [-0.15, -0.1) is 0 Å². The van der Waals surface area contributed by atoms with Crippen LogP contribution >= 0.6 is 0 Å². The summed E-state index contributed by atoms with van der Waals surface area (Å²) in [7, 11) is -2.27. The Balaban J connectivity index is 3.20. The minimum Gasteiger partial charge on any atom is -0.380 e. The molecule has 5 nitrogen and oxygen atoms in total. The Morgan fingerprint density at radius 2 is 2.31 bits per heavy atom. The first-order valence-corrected chi connectivity index (χ1v) is 5.06. The zero-order valence-electron chi connectivity index (χ0n) is 7.10. The molecule has 0 aliphatic heterocycles. The van der Waals surface area contributed by atoms with Crippen molar-refractivity contribution < 1.29 is 13.2 Å². The highest BCUT2D eigenvalue weighted by Crippen LogP contribution is 2.10. The molecule has 1 rings (SSSR count). The molecule has 0 spiro atoms. The van der Waals surface area contributed by atoms with Crippen LogP contribution in [0.1, 0.15) is 5.56 Å². The van der Waals surface area contributed by atoms with Crippen molar-refractivity contribution in [2.75, 3.05) is 7.11 Å². The fraction of sp³-hybridized carbons (Fsp3) is 0.286. The van der Waals surface area contributed by atoms with Crippen molar-refractivity contribution >= 4 is 10.0 Å². The highest BCUT2D eigenvalue weighted by atomic mass is 32.2. The first kappa shape index (κ1) is 10.1. The largest absolute Gasteiger partial charge is 0.380 e. The smallest absolute Gasteiger partial charge is 0.255 e. The van der Waals surface area contributed by atoms with Gasteiger partial charge in [-0.3, -0.25) is 0 Å². The first-order valence-electron chi connectivity index (χ1n) is 3.51. The SMILES string of the molecule is COCc1cccnc1S(N)(=O)=O. The molecule has 0 aliphatic carbocycles. The van der Waals surface area contributed by atoms with Crippen LogP contribution in [-0.2, 0) is 21.4 Å². The van der Waals surface area contributed by atoms with Crippen LogP contribution in [0.2, 0.25) is 0 Å². The third kappa shape index (κ3) is 2.48. The number of hydrogen-bond donors (Lipinski definition) is 1. The zero-order chi connectivity index (χ0) is 9.90. The van der Waals surface area contributed by atoms with Gasteiger partial charge in [0.1, 0.15) is 0 Å². The van der Waals surface area contributed by atoms with Gasteiger partial charge in [0.25, 0.3) is 10.0 Å². The maximum atomic E-state index is 11.0. The lowest BCUT2D eigenvalue weighted by Crippen LogP contribution is -2.16. The molecular formula is C7H10N2O3S. The Hall–Kier alpha value is -0.980. The van der Waals surface area contributed by atoms with E-state index in [-0.39, 0.29) is 11.6 Å². The molecule has 0 unspecified atom stereocenters. The van der Waals surface area contributed by atoms with Crippen molar-refractivity contribution in [3.63, 3.8) is 0 Å². The first-order chi connectivity index (χ1) is 6.05. The number of sulfonamides is 1. The van der Waals surface area contributed by atoms with E-state index in [0.29, 0.717) is 5.56 Å². The quantitative estimate of drug-likeness (QED) is 0.740. The average Bonchev–Trinajstić information content (AvgIpc) is 2.04. The van der Waals surface area contributed by atoms with Crippen LogP contribution in [0.5, 0.6) is 0 Å². The Morgan fingerprint density at radius 1 is 1.62 bits per heavy atom. The molecule has 0 saturated heterocycles. The van der Waals surface area contributed by atoms with Crippen LogP contribution < -0.4 is 5.14 Å². The van der Waals surface area contributed by atoms with E-state index >= 15 is 0 Å². The lowest BCUT2D eigenvalue weighted by Gasteiger charge is -2.04. The van der Waals surface area contributed by atoms with E-state index in [9.17, 15) is 8.42 Å².